The van der Waals surface area contributed by atoms with Crippen molar-refractivity contribution < 1.29 is 19.0 Å². The average Bonchev–Trinajstić information content (AvgIpc) is 2.61. The predicted octanol–water partition coefficient (Wildman–Crippen LogP) is 3.62. The van der Waals surface area contributed by atoms with Gasteiger partial charge in [-0.05, 0) is 23.3 Å². The fourth-order valence-corrected chi connectivity index (χ4v) is 2.16. The van der Waals surface area contributed by atoms with E-state index in [1.807, 2.05) is 30.3 Å². The molecule has 2 aromatic carbocycles. The van der Waals surface area contributed by atoms with E-state index < -0.39 is 6.09 Å². The molecule has 1 amide bonds. The quantitative estimate of drug-likeness (QED) is 0.639. The van der Waals surface area contributed by atoms with Gasteiger partial charge in [0.1, 0.15) is 6.61 Å². The third-order valence-corrected chi connectivity index (χ3v) is 3.31. The van der Waals surface area contributed by atoms with Gasteiger partial charge in [0.2, 0.25) is 0 Å². The van der Waals surface area contributed by atoms with Crippen molar-refractivity contribution in [3.05, 3.63) is 58.6 Å². The lowest BCUT2D eigenvalue weighted by Crippen LogP contribution is -2.16. The molecule has 0 unspecified atom stereocenters. The number of nitrogens with one attached hydrogen (secondary N) is 1. The van der Waals surface area contributed by atoms with Gasteiger partial charge in [0.25, 0.3) is 0 Å². The molecule has 6 nitrogen and oxygen atoms in total. The first-order valence-electron chi connectivity index (χ1n) is 7.05. The van der Waals surface area contributed by atoms with Gasteiger partial charge >= 0.3 is 6.09 Å². The summed E-state index contributed by atoms with van der Waals surface area (Å²) in [7, 11) is 2.78. The minimum Gasteiger partial charge on any atom is -0.493 e. The van der Waals surface area contributed by atoms with Gasteiger partial charge in [-0.2, -0.15) is 5.10 Å². The van der Waals surface area contributed by atoms with Crippen LogP contribution >= 0.6 is 11.6 Å². The number of carbonyl (C=O) groups excluding carboxylic acids is 1. The van der Waals surface area contributed by atoms with Crippen LogP contribution in [-0.4, -0.2) is 26.5 Å². The van der Waals surface area contributed by atoms with E-state index >= 15 is 0 Å². The third kappa shape index (κ3) is 4.89. The summed E-state index contributed by atoms with van der Waals surface area (Å²) in [6, 6.07) is 13.1. The van der Waals surface area contributed by atoms with Crippen LogP contribution in [0.4, 0.5) is 4.79 Å². The molecule has 7 heteroatoms. The van der Waals surface area contributed by atoms with Crippen LogP contribution in [0.1, 0.15) is 11.1 Å². The molecule has 0 bridgehead atoms. The largest absolute Gasteiger partial charge is 0.493 e. The number of hydrogen-bond acceptors (Lipinski definition) is 5. The highest BCUT2D eigenvalue weighted by atomic mass is 35.5. The number of hydrogen-bond donors (Lipinski definition) is 1. The van der Waals surface area contributed by atoms with E-state index in [1.165, 1.54) is 20.4 Å². The zero-order valence-corrected chi connectivity index (χ0v) is 14.0. The van der Waals surface area contributed by atoms with E-state index in [-0.39, 0.29) is 0 Å². The van der Waals surface area contributed by atoms with Crippen molar-refractivity contribution in [1.29, 1.82) is 0 Å². The molecule has 2 aromatic rings. The third-order valence-electron chi connectivity index (χ3n) is 3.03. The van der Waals surface area contributed by atoms with E-state index in [9.17, 15) is 4.79 Å². The molecule has 0 heterocycles. The smallest absolute Gasteiger partial charge is 0.427 e. The normalized spacial score (nSPS) is 10.5. The lowest BCUT2D eigenvalue weighted by atomic mass is 10.2. The second kappa shape index (κ2) is 8.79. The Balaban J connectivity index is 2.13. The van der Waals surface area contributed by atoms with Crippen molar-refractivity contribution in [3.8, 4) is 11.5 Å². The number of halogens is 1. The molecular weight excluding hydrogens is 332 g/mol. The molecule has 0 atom stereocenters. The number of benzene rings is 2. The number of nitrogens with zero attached hydrogens (tertiary/aromatic N) is 1. The summed E-state index contributed by atoms with van der Waals surface area (Å²) in [5, 5.41) is 4.13. The lowest BCUT2D eigenvalue weighted by Gasteiger charge is -2.13. The zero-order valence-electron chi connectivity index (χ0n) is 13.3. The standard InChI is InChI=1S/C17H17ClN2O4/c1-22-15-9-13(10-19-20-17(21)23-2)8-14(18)16(15)24-11-12-6-4-3-5-7-12/h3-10H,11H2,1-2H3,(H,20,21). The van der Waals surface area contributed by atoms with Crippen LogP contribution in [0, 0.1) is 0 Å². The Bertz CT molecular complexity index is 720. The lowest BCUT2D eigenvalue weighted by molar-refractivity contribution is 0.171. The number of rotatable bonds is 6. The van der Waals surface area contributed by atoms with Crippen LogP contribution in [-0.2, 0) is 11.3 Å². The summed E-state index contributed by atoms with van der Waals surface area (Å²) in [5.74, 6) is 0.916. The van der Waals surface area contributed by atoms with Gasteiger partial charge in [-0.25, -0.2) is 10.2 Å². The van der Waals surface area contributed by atoms with Gasteiger partial charge in [-0.15, -0.1) is 0 Å². The summed E-state index contributed by atoms with van der Waals surface area (Å²) < 4.78 is 15.5. The van der Waals surface area contributed by atoms with Crippen molar-refractivity contribution in [2.75, 3.05) is 14.2 Å². The van der Waals surface area contributed by atoms with Crippen molar-refractivity contribution >= 4 is 23.9 Å². The second-order valence-corrected chi connectivity index (χ2v) is 5.08. The molecule has 0 spiro atoms. The molecule has 0 aromatic heterocycles. The Morgan fingerprint density at radius 1 is 1.25 bits per heavy atom. The molecular formula is C17H17ClN2O4. The van der Waals surface area contributed by atoms with Crippen LogP contribution in [0.2, 0.25) is 5.02 Å². The number of carbonyl (C=O) groups is 1. The van der Waals surface area contributed by atoms with Crippen LogP contribution in [0.25, 0.3) is 0 Å². The maximum absolute atomic E-state index is 10.9. The fraction of sp³-hybridized carbons (Fsp3) is 0.176. The van der Waals surface area contributed by atoms with Crippen LogP contribution in [0.3, 0.4) is 0 Å². The second-order valence-electron chi connectivity index (χ2n) is 4.67. The SMILES string of the molecule is COC(=O)NN=Cc1cc(Cl)c(OCc2ccccc2)c(OC)c1. The van der Waals surface area contributed by atoms with E-state index in [4.69, 9.17) is 21.1 Å². The molecule has 0 saturated carbocycles. The fourth-order valence-electron chi connectivity index (χ4n) is 1.89. The minimum absolute atomic E-state index is 0.369. The summed E-state index contributed by atoms with van der Waals surface area (Å²) in [5.41, 5.74) is 3.85. The topological polar surface area (TPSA) is 69.2 Å². The number of ether oxygens (including phenoxy) is 3. The van der Waals surface area contributed by atoms with Crippen molar-refractivity contribution in [1.82, 2.24) is 5.43 Å². The van der Waals surface area contributed by atoms with E-state index in [0.717, 1.165) is 5.56 Å². The highest BCUT2D eigenvalue weighted by Crippen LogP contribution is 2.36. The van der Waals surface area contributed by atoms with Crippen molar-refractivity contribution in [2.24, 2.45) is 5.10 Å². The Morgan fingerprint density at radius 2 is 2.00 bits per heavy atom. The highest BCUT2D eigenvalue weighted by molar-refractivity contribution is 6.32. The van der Waals surface area contributed by atoms with Gasteiger partial charge in [-0.3, -0.25) is 0 Å². The molecule has 0 aliphatic carbocycles. The van der Waals surface area contributed by atoms with Gasteiger partial charge in [0.15, 0.2) is 11.5 Å². The van der Waals surface area contributed by atoms with Crippen LogP contribution < -0.4 is 14.9 Å². The molecule has 0 aliphatic heterocycles. The molecule has 0 fully saturated rings. The molecule has 24 heavy (non-hydrogen) atoms. The molecule has 1 N–H and O–H groups in total. The Hall–Kier alpha value is -2.73. The maximum Gasteiger partial charge on any atom is 0.427 e. The molecule has 0 saturated heterocycles. The Kier molecular flexibility index (Phi) is 6.45. The van der Waals surface area contributed by atoms with Gasteiger partial charge in [-0.1, -0.05) is 41.9 Å². The number of amides is 1. The Labute approximate surface area is 145 Å². The monoisotopic (exact) mass is 348 g/mol. The molecule has 2 rings (SSSR count). The summed E-state index contributed by atoms with van der Waals surface area (Å²) in [4.78, 5) is 10.9. The minimum atomic E-state index is -0.660. The van der Waals surface area contributed by atoms with Gasteiger partial charge < -0.3 is 14.2 Å². The Morgan fingerprint density at radius 3 is 2.67 bits per heavy atom. The predicted molar refractivity (Wildman–Crippen MR) is 91.9 cm³/mol. The molecule has 0 aliphatic rings. The maximum atomic E-state index is 10.9. The van der Waals surface area contributed by atoms with E-state index in [2.05, 4.69) is 15.3 Å². The highest BCUT2D eigenvalue weighted by Gasteiger charge is 2.12. The van der Waals surface area contributed by atoms with Crippen LogP contribution in [0.15, 0.2) is 47.6 Å². The first kappa shape index (κ1) is 17.6. The average molecular weight is 349 g/mol. The van der Waals surface area contributed by atoms with E-state index in [0.29, 0.717) is 28.7 Å². The van der Waals surface area contributed by atoms with Crippen molar-refractivity contribution in [3.63, 3.8) is 0 Å². The number of methoxy groups -OCH3 is 2. The molecule has 0 radical (unpaired) electrons. The summed E-state index contributed by atoms with van der Waals surface area (Å²) in [6.45, 7) is 0.369. The van der Waals surface area contributed by atoms with E-state index in [1.54, 1.807) is 12.1 Å². The number of hydrazone groups is 1. The zero-order chi connectivity index (χ0) is 17.4. The first-order valence-corrected chi connectivity index (χ1v) is 7.43. The summed E-state index contributed by atoms with van der Waals surface area (Å²) in [6.07, 6.45) is 0.763. The van der Waals surface area contributed by atoms with Crippen molar-refractivity contribution in [2.45, 2.75) is 6.61 Å². The first-order chi connectivity index (χ1) is 11.6. The van der Waals surface area contributed by atoms with Gasteiger partial charge in [0, 0.05) is 0 Å². The molecule has 126 valence electrons. The van der Waals surface area contributed by atoms with Crippen LogP contribution in [0.5, 0.6) is 11.5 Å². The summed E-state index contributed by atoms with van der Waals surface area (Å²) >= 11 is 6.27. The van der Waals surface area contributed by atoms with Gasteiger partial charge in [0.05, 0.1) is 25.5 Å².